The van der Waals surface area contributed by atoms with Gasteiger partial charge in [-0.15, -0.1) is 10.2 Å². The molecule has 1 aromatic heterocycles. The molecule has 0 saturated heterocycles. The molecule has 4 rings (SSSR count). The Labute approximate surface area is 163 Å². The minimum Gasteiger partial charge on any atom is -0.507 e. The number of nitrogens with zero attached hydrogens (tertiary/aromatic N) is 2. The van der Waals surface area contributed by atoms with Crippen molar-refractivity contribution in [3.05, 3.63) is 47.8 Å². The zero-order valence-corrected chi connectivity index (χ0v) is 15.3. The first kappa shape index (κ1) is 19.4. The normalized spacial score (nSPS) is 21.8. The Morgan fingerprint density at radius 3 is 2.34 bits per heavy atom. The quantitative estimate of drug-likeness (QED) is 0.558. The number of anilines is 1. The number of fused-ring (bicyclic) bond motifs is 1. The molecule has 1 aliphatic rings. The third kappa shape index (κ3) is 3.57. The number of aliphatic hydroxyl groups is 1. The second kappa shape index (κ2) is 6.55. The van der Waals surface area contributed by atoms with E-state index in [1.807, 2.05) is 0 Å². The highest BCUT2D eigenvalue weighted by Crippen LogP contribution is 2.41. The molecule has 152 valence electrons. The summed E-state index contributed by atoms with van der Waals surface area (Å²) in [5.41, 5.74) is -2.53. The summed E-state index contributed by atoms with van der Waals surface area (Å²) in [6.45, 7) is 1.73. The Hall–Kier alpha value is -2.94. The summed E-state index contributed by atoms with van der Waals surface area (Å²) in [7, 11) is 0. The summed E-state index contributed by atoms with van der Waals surface area (Å²) in [4.78, 5) is 0. The van der Waals surface area contributed by atoms with Crippen LogP contribution in [0.2, 0.25) is 0 Å². The van der Waals surface area contributed by atoms with Gasteiger partial charge in [0.15, 0.2) is 5.82 Å². The summed E-state index contributed by atoms with van der Waals surface area (Å²) < 4.78 is 53.2. The number of nitrogens with one attached hydrogen (secondary N) is 1. The number of hydrogen-bond acceptors (Lipinski definition) is 5. The van der Waals surface area contributed by atoms with Gasteiger partial charge in [0, 0.05) is 16.8 Å². The van der Waals surface area contributed by atoms with Crippen molar-refractivity contribution in [3.63, 3.8) is 0 Å². The van der Waals surface area contributed by atoms with E-state index >= 15 is 0 Å². The minimum atomic E-state index is -4.79. The van der Waals surface area contributed by atoms with Gasteiger partial charge in [0.25, 0.3) is 0 Å². The molecule has 0 atom stereocenters. The van der Waals surface area contributed by atoms with Crippen LogP contribution in [0.4, 0.5) is 23.4 Å². The van der Waals surface area contributed by atoms with E-state index in [0.717, 1.165) is 0 Å². The largest absolute Gasteiger partial charge is 0.507 e. The molecule has 5 nitrogen and oxygen atoms in total. The first-order valence-corrected chi connectivity index (χ1v) is 8.89. The highest BCUT2D eigenvalue weighted by Gasteiger charge is 2.39. The summed E-state index contributed by atoms with van der Waals surface area (Å²) in [6, 6.07) is 7.53. The van der Waals surface area contributed by atoms with E-state index in [-0.39, 0.29) is 11.7 Å². The fourth-order valence-corrected chi connectivity index (χ4v) is 3.68. The highest BCUT2D eigenvalue weighted by molar-refractivity contribution is 6.01. The molecular formula is C20H17F4N3O2. The second-order valence-corrected chi connectivity index (χ2v) is 7.54. The van der Waals surface area contributed by atoms with Crippen LogP contribution in [0.15, 0.2) is 36.4 Å². The monoisotopic (exact) mass is 407 g/mol. The molecule has 1 fully saturated rings. The van der Waals surface area contributed by atoms with Gasteiger partial charge in [0.05, 0.1) is 16.7 Å². The zero-order valence-electron chi connectivity index (χ0n) is 15.3. The highest BCUT2D eigenvalue weighted by atomic mass is 19.4. The molecule has 3 aromatic rings. The van der Waals surface area contributed by atoms with Crippen molar-refractivity contribution in [1.29, 1.82) is 0 Å². The molecule has 0 bridgehead atoms. The molecule has 2 aromatic carbocycles. The third-order valence-electron chi connectivity index (χ3n) is 5.03. The van der Waals surface area contributed by atoms with Gasteiger partial charge >= 0.3 is 6.18 Å². The van der Waals surface area contributed by atoms with Crippen LogP contribution in [-0.4, -0.2) is 32.1 Å². The van der Waals surface area contributed by atoms with Crippen molar-refractivity contribution >= 4 is 16.6 Å². The Kier molecular flexibility index (Phi) is 4.38. The van der Waals surface area contributed by atoms with Crippen LogP contribution in [0.5, 0.6) is 5.75 Å². The molecule has 0 amide bonds. The summed E-state index contributed by atoms with van der Waals surface area (Å²) in [6.07, 6.45) is -3.74. The van der Waals surface area contributed by atoms with Crippen molar-refractivity contribution in [2.24, 2.45) is 0 Å². The van der Waals surface area contributed by atoms with Crippen LogP contribution in [0.3, 0.4) is 0 Å². The fraction of sp³-hybridized carbons (Fsp3) is 0.300. The number of phenols is 1. The number of aromatic nitrogens is 2. The number of rotatable bonds is 3. The fourth-order valence-electron chi connectivity index (χ4n) is 3.68. The molecule has 0 spiro atoms. The van der Waals surface area contributed by atoms with Gasteiger partial charge in [0.2, 0.25) is 0 Å². The molecule has 1 saturated carbocycles. The van der Waals surface area contributed by atoms with Gasteiger partial charge in [-0.2, -0.15) is 13.2 Å². The maximum absolute atomic E-state index is 14.5. The first-order chi connectivity index (χ1) is 13.5. The topological polar surface area (TPSA) is 78.3 Å². The van der Waals surface area contributed by atoms with Crippen molar-refractivity contribution < 1.29 is 27.8 Å². The number of aromatic hydroxyl groups is 1. The molecular weight excluding hydrogens is 390 g/mol. The Morgan fingerprint density at radius 2 is 1.76 bits per heavy atom. The Morgan fingerprint density at radius 1 is 1.10 bits per heavy atom. The van der Waals surface area contributed by atoms with Crippen LogP contribution in [0.1, 0.15) is 25.3 Å². The lowest BCUT2D eigenvalue weighted by Crippen LogP contribution is -2.48. The van der Waals surface area contributed by atoms with Crippen molar-refractivity contribution in [3.8, 4) is 17.0 Å². The lowest BCUT2D eigenvalue weighted by atomic mass is 9.77. The van der Waals surface area contributed by atoms with E-state index in [1.54, 1.807) is 31.2 Å². The molecule has 9 heteroatoms. The van der Waals surface area contributed by atoms with Crippen molar-refractivity contribution in [2.75, 3.05) is 5.32 Å². The van der Waals surface area contributed by atoms with Crippen LogP contribution in [0.25, 0.3) is 22.0 Å². The van der Waals surface area contributed by atoms with Gasteiger partial charge < -0.3 is 15.5 Å². The van der Waals surface area contributed by atoms with E-state index < -0.39 is 34.5 Å². The summed E-state index contributed by atoms with van der Waals surface area (Å²) >= 11 is 0. The van der Waals surface area contributed by atoms with Crippen LogP contribution in [-0.2, 0) is 6.18 Å². The van der Waals surface area contributed by atoms with Crippen molar-refractivity contribution in [1.82, 2.24) is 10.2 Å². The van der Waals surface area contributed by atoms with E-state index in [2.05, 4.69) is 15.5 Å². The number of hydrogen-bond donors (Lipinski definition) is 3. The minimum absolute atomic E-state index is 0.00948. The van der Waals surface area contributed by atoms with Crippen LogP contribution < -0.4 is 5.32 Å². The number of alkyl halides is 3. The average Bonchev–Trinajstić information content (AvgIpc) is 2.60. The number of halogens is 4. The lowest BCUT2D eigenvalue weighted by molar-refractivity contribution is -0.137. The van der Waals surface area contributed by atoms with Crippen LogP contribution in [0, 0.1) is 5.82 Å². The van der Waals surface area contributed by atoms with E-state index in [1.165, 1.54) is 0 Å². The molecule has 1 heterocycles. The van der Waals surface area contributed by atoms with Crippen molar-refractivity contribution in [2.45, 2.75) is 37.6 Å². The maximum atomic E-state index is 14.5. The van der Waals surface area contributed by atoms with E-state index in [9.17, 15) is 27.8 Å². The third-order valence-corrected chi connectivity index (χ3v) is 5.03. The second-order valence-electron chi connectivity index (χ2n) is 7.54. The number of phenolic OH excluding ortho intramolecular Hbond substituents is 1. The predicted octanol–water partition coefficient (Wildman–Crippen LogP) is 4.49. The Balaban J connectivity index is 1.79. The molecule has 0 radical (unpaired) electrons. The molecule has 29 heavy (non-hydrogen) atoms. The Bertz CT molecular complexity index is 1070. The predicted molar refractivity (Wildman–Crippen MR) is 98.9 cm³/mol. The summed E-state index contributed by atoms with van der Waals surface area (Å²) in [5.74, 6) is -1.70. The zero-order chi connectivity index (χ0) is 21.0. The molecule has 0 aliphatic heterocycles. The standard InChI is InChI=1S/C20H17F4N3O2/c1-19(29)8-11(9-19)25-18-13-5-3-2-4-12(13)17(26-27-18)16-14(21)6-10(7-15(16)28)20(22,23)24/h2-7,11,28-29H,8-9H2,1H3,(H,25,27). The molecule has 0 unspecified atom stereocenters. The smallest absolute Gasteiger partial charge is 0.416 e. The average molecular weight is 407 g/mol. The van der Waals surface area contributed by atoms with E-state index in [0.29, 0.717) is 41.6 Å². The number of benzene rings is 2. The molecule has 1 aliphatic carbocycles. The first-order valence-electron chi connectivity index (χ1n) is 8.89. The molecule has 3 N–H and O–H groups in total. The van der Waals surface area contributed by atoms with Gasteiger partial charge in [-0.3, -0.25) is 0 Å². The maximum Gasteiger partial charge on any atom is 0.416 e. The summed E-state index contributed by atoms with van der Waals surface area (Å²) in [5, 5.41) is 32.2. The lowest BCUT2D eigenvalue weighted by Gasteiger charge is -2.41. The van der Waals surface area contributed by atoms with Gasteiger partial charge in [-0.1, -0.05) is 24.3 Å². The van der Waals surface area contributed by atoms with Gasteiger partial charge in [-0.05, 0) is 31.9 Å². The van der Waals surface area contributed by atoms with Gasteiger partial charge in [0.1, 0.15) is 17.3 Å². The van der Waals surface area contributed by atoms with E-state index in [4.69, 9.17) is 0 Å². The van der Waals surface area contributed by atoms with Gasteiger partial charge in [-0.25, -0.2) is 4.39 Å². The SMILES string of the molecule is CC1(O)CC(Nc2nnc(-c3c(O)cc(C(F)(F)F)cc3F)c3ccccc23)C1. The van der Waals surface area contributed by atoms with Crippen LogP contribution >= 0.6 is 0 Å².